The molecule has 0 fully saturated rings. The van der Waals surface area contributed by atoms with E-state index in [1.165, 1.54) is 17.2 Å². The number of benzene rings is 1. The Labute approximate surface area is 153 Å². The van der Waals surface area contributed by atoms with Gasteiger partial charge < -0.3 is 10.1 Å². The standard InChI is InChI=1S/C17H16BrN5O2/c1-11(12-3-5-15(25-2)14(18)7-12)22-17(24)13-4-6-16(20-8-13)23-10-19-9-21-23/h3-11H,1-2H3,(H,22,24). The third kappa shape index (κ3) is 3.85. The van der Waals surface area contributed by atoms with Gasteiger partial charge in [0.15, 0.2) is 5.82 Å². The van der Waals surface area contributed by atoms with Gasteiger partial charge >= 0.3 is 0 Å². The Balaban J connectivity index is 1.70. The summed E-state index contributed by atoms with van der Waals surface area (Å²) in [5.41, 5.74) is 1.44. The number of carbonyl (C=O) groups excluding carboxylic acids is 1. The lowest BCUT2D eigenvalue weighted by Gasteiger charge is -2.15. The minimum Gasteiger partial charge on any atom is -0.496 e. The predicted molar refractivity (Wildman–Crippen MR) is 95.7 cm³/mol. The molecule has 128 valence electrons. The van der Waals surface area contributed by atoms with Crippen LogP contribution in [-0.2, 0) is 0 Å². The number of hydrogen-bond acceptors (Lipinski definition) is 5. The summed E-state index contributed by atoms with van der Waals surface area (Å²) in [4.78, 5) is 20.5. The average Bonchev–Trinajstić information content (AvgIpc) is 3.16. The first-order valence-electron chi connectivity index (χ1n) is 7.54. The van der Waals surface area contributed by atoms with Crippen LogP contribution in [0.4, 0.5) is 0 Å². The smallest absolute Gasteiger partial charge is 0.253 e. The Hall–Kier alpha value is -2.74. The molecule has 25 heavy (non-hydrogen) atoms. The van der Waals surface area contributed by atoms with Gasteiger partial charge in [0.05, 0.1) is 23.2 Å². The topological polar surface area (TPSA) is 81.9 Å². The summed E-state index contributed by atoms with van der Waals surface area (Å²) >= 11 is 3.45. The Morgan fingerprint density at radius 3 is 2.76 bits per heavy atom. The normalized spacial score (nSPS) is 11.8. The van der Waals surface area contributed by atoms with Gasteiger partial charge in [0, 0.05) is 6.20 Å². The molecule has 2 heterocycles. The SMILES string of the molecule is COc1ccc(C(C)NC(=O)c2ccc(-n3cncn3)nc2)cc1Br. The Morgan fingerprint density at radius 1 is 1.32 bits per heavy atom. The molecule has 0 aliphatic rings. The van der Waals surface area contributed by atoms with Gasteiger partial charge in [-0.05, 0) is 52.7 Å². The van der Waals surface area contributed by atoms with Crippen LogP contribution in [0.1, 0.15) is 28.9 Å². The minimum absolute atomic E-state index is 0.162. The van der Waals surface area contributed by atoms with Crippen LogP contribution in [0.3, 0.4) is 0 Å². The largest absolute Gasteiger partial charge is 0.496 e. The summed E-state index contributed by atoms with van der Waals surface area (Å²) in [5, 5.41) is 6.96. The van der Waals surface area contributed by atoms with E-state index in [2.05, 4.69) is 36.3 Å². The van der Waals surface area contributed by atoms with Crippen molar-refractivity contribution in [2.75, 3.05) is 7.11 Å². The number of rotatable bonds is 5. The zero-order valence-electron chi connectivity index (χ0n) is 13.7. The average molecular weight is 402 g/mol. The highest BCUT2D eigenvalue weighted by Crippen LogP contribution is 2.28. The molecule has 3 aromatic rings. The molecule has 1 aromatic carbocycles. The van der Waals surface area contributed by atoms with Gasteiger partial charge in [0.2, 0.25) is 0 Å². The van der Waals surface area contributed by atoms with Crippen LogP contribution in [0.5, 0.6) is 5.75 Å². The molecule has 1 N–H and O–H groups in total. The van der Waals surface area contributed by atoms with E-state index in [1.54, 1.807) is 25.6 Å². The van der Waals surface area contributed by atoms with Gasteiger partial charge in [-0.15, -0.1) is 0 Å². The van der Waals surface area contributed by atoms with E-state index in [0.29, 0.717) is 11.4 Å². The second-order valence-electron chi connectivity index (χ2n) is 5.33. The predicted octanol–water partition coefficient (Wildman–Crippen LogP) is 2.92. The third-order valence-corrected chi connectivity index (χ3v) is 4.31. The fourth-order valence-corrected chi connectivity index (χ4v) is 2.86. The van der Waals surface area contributed by atoms with Crippen LogP contribution in [-0.4, -0.2) is 32.8 Å². The van der Waals surface area contributed by atoms with Gasteiger partial charge in [0.1, 0.15) is 18.4 Å². The van der Waals surface area contributed by atoms with E-state index in [4.69, 9.17) is 4.74 Å². The molecule has 0 radical (unpaired) electrons. The summed E-state index contributed by atoms with van der Waals surface area (Å²) < 4.78 is 7.59. The molecular formula is C17H16BrN5O2. The van der Waals surface area contributed by atoms with Crippen LogP contribution >= 0.6 is 15.9 Å². The molecule has 3 rings (SSSR count). The molecule has 0 aliphatic heterocycles. The number of ether oxygens (including phenoxy) is 1. The van der Waals surface area contributed by atoms with Crippen LogP contribution < -0.4 is 10.1 Å². The van der Waals surface area contributed by atoms with Crippen LogP contribution in [0.25, 0.3) is 5.82 Å². The van der Waals surface area contributed by atoms with Crippen molar-refractivity contribution in [3.05, 3.63) is 64.8 Å². The summed E-state index contributed by atoms with van der Waals surface area (Å²) in [6.07, 6.45) is 4.49. The lowest BCUT2D eigenvalue weighted by molar-refractivity contribution is 0.0939. The number of aromatic nitrogens is 4. The molecule has 0 saturated carbocycles. The Morgan fingerprint density at radius 2 is 2.16 bits per heavy atom. The van der Waals surface area contributed by atoms with Crippen molar-refractivity contribution >= 4 is 21.8 Å². The fraction of sp³-hybridized carbons (Fsp3) is 0.176. The Bertz CT molecular complexity index is 865. The second-order valence-corrected chi connectivity index (χ2v) is 6.19. The quantitative estimate of drug-likeness (QED) is 0.710. The first-order chi connectivity index (χ1) is 12.1. The van der Waals surface area contributed by atoms with Gasteiger partial charge in [-0.25, -0.2) is 14.6 Å². The molecule has 1 amide bonds. The lowest BCUT2D eigenvalue weighted by atomic mass is 10.1. The summed E-state index contributed by atoms with van der Waals surface area (Å²) in [6.45, 7) is 1.92. The van der Waals surface area contributed by atoms with E-state index in [9.17, 15) is 4.79 Å². The Kier molecular flexibility index (Phi) is 5.08. The van der Waals surface area contributed by atoms with Crippen molar-refractivity contribution in [1.29, 1.82) is 0 Å². The molecule has 1 unspecified atom stereocenters. The highest BCUT2D eigenvalue weighted by molar-refractivity contribution is 9.10. The lowest BCUT2D eigenvalue weighted by Crippen LogP contribution is -2.26. The molecule has 7 nitrogen and oxygen atoms in total. The fourth-order valence-electron chi connectivity index (χ4n) is 2.30. The van der Waals surface area contributed by atoms with Crippen molar-refractivity contribution in [2.45, 2.75) is 13.0 Å². The van der Waals surface area contributed by atoms with E-state index < -0.39 is 0 Å². The van der Waals surface area contributed by atoms with E-state index in [1.807, 2.05) is 25.1 Å². The molecule has 0 bridgehead atoms. The zero-order valence-corrected chi connectivity index (χ0v) is 15.3. The molecule has 0 aliphatic carbocycles. The summed E-state index contributed by atoms with van der Waals surface area (Å²) in [6, 6.07) is 8.96. The van der Waals surface area contributed by atoms with Crippen molar-refractivity contribution < 1.29 is 9.53 Å². The van der Waals surface area contributed by atoms with Gasteiger partial charge in [-0.1, -0.05) is 6.07 Å². The van der Waals surface area contributed by atoms with E-state index in [0.717, 1.165) is 15.8 Å². The third-order valence-electron chi connectivity index (χ3n) is 3.69. The van der Waals surface area contributed by atoms with E-state index >= 15 is 0 Å². The number of nitrogens with zero attached hydrogens (tertiary/aromatic N) is 4. The van der Waals surface area contributed by atoms with Gasteiger partial charge in [0.25, 0.3) is 5.91 Å². The van der Waals surface area contributed by atoms with Crippen LogP contribution in [0.15, 0.2) is 53.7 Å². The van der Waals surface area contributed by atoms with Gasteiger partial charge in [-0.2, -0.15) is 5.10 Å². The molecular weight excluding hydrogens is 386 g/mol. The number of nitrogens with one attached hydrogen (secondary N) is 1. The van der Waals surface area contributed by atoms with Crippen LogP contribution in [0.2, 0.25) is 0 Å². The number of amides is 1. The van der Waals surface area contributed by atoms with Crippen molar-refractivity contribution in [3.63, 3.8) is 0 Å². The van der Waals surface area contributed by atoms with Crippen molar-refractivity contribution in [2.24, 2.45) is 0 Å². The summed E-state index contributed by atoms with van der Waals surface area (Å²) in [7, 11) is 1.61. The van der Waals surface area contributed by atoms with E-state index in [-0.39, 0.29) is 11.9 Å². The number of hydrogen-bond donors (Lipinski definition) is 1. The highest BCUT2D eigenvalue weighted by atomic mass is 79.9. The first-order valence-corrected chi connectivity index (χ1v) is 8.33. The molecule has 1 atom stereocenters. The van der Waals surface area contributed by atoms with Crippen LogP contribution in [0, 0.1) is 0 Å². The molecule has 8 heteroatoms. The number of pyridine rings is 1. The highest BCUT2D eigenvalue weighted by Gasteiger charge is 2.13. The molecule has 0 saturated heterocycles. The monoisotopic (exact) mass is 401 g/mol. The first kappa shape index (κ1) is 17.1. The maximum absolute atomic E-state index is 12.4. The van der Waals surface area contributed by atoms with Crippen molar-refractivity contribution in [1.82, 2.24) is 25.1 Å². The number of carbonyl (C=O) groups is 1. The summed E-state index contributed by atoms with van der Waals surface area (Å²) in [5.74, 6) is 1.15. The second kappa shape index (κ2) is 7.43. The minimum atomic E-state index is -0.197. The number of halogens is 1. The van der Waals surface area contributed by atoms with Crippen molar-refractivity contribution in [3.8, 4) is 11.6 Å². The maximum atomic E-state index is 12.4. The van der Waals surface area contributed by atoms with Gasteiger partial charge in [-0.3, -0.25) is 4.79 Å². The molecule has 2 aromatic heterocycles. The zero-order chi connectivity index (χ0) is 17.8. The number of methoxy groups -OCH3 is 1. The maximum Gasteiger partial charge on any atom is 0.253 e. The molecule has 0 spiro atoms.